The van der Waals surface area contributed by atoms with Gasteiger partial charge in [0.1, 0.15) is 5.75 Å². The van der Waals surface area contributed by atoms with Crippen molar-refractivity contribution in [1.82, 2.24) is 10.4 Å². The van der Waals surface area contributed by atoms with Crippen molar-refractivity contribution in [1.29, 1.82) is 0 Å². The summed E-state index contributed by atoms with van der Waals surface area (Å²) in [6.07, 6.45) is 1.60. The predicted molar refractivity (Wildman–Crippen MR) is 74.4 cm³/mol. The third kappa shape index (κ3) is 3.89. The van der Waals surface area contributed by atoms with Crippen LogP contribution in [0, 0.1) is 6.92 Å². The van der Waals surface area contributed by atoms with Gasteiger partial charge in [0.2, 0.25) is 5.91 Å². The molecular formula is C13H13N3O2S. The Morgan fingerprint density at radius 1 is 1.53 bits per heavy atom. The van der Waals surface area contributed by atoms with Crippen molar-refractivity contribution in [2.75, 3.05) is 0 Å². The molecule has 0 bridgehead atoms. The molecule has 0 aliphatic heterocycles. The second-order valence-corrected chi connectivity index (χ2v) is 4.95. The number of nitrogens with one attached hydrogen (secondary N) is 1. The van der Waals surface area contributed by atoms with Crippen LogP contribution in [0.1, 0.15) is 16.3 Å². The van der Waals surface area contributed by atoms with Crippen molar-refractivity contribution < 1.29 is 9.90 Å². The van der Waals surface area contributed by atoms with Crippen LogP contribution in [0.25, 0.3) is 0 Å². The molecule has 19 heavy (non-hydrogen) atoms. The number of aromatic hydroxyl groups is 1. The monoisotopic (exact) mass is 275 g/mol. The lowest BCUT2D eigenvalue weighted by atomic mass is 10.2. The highest BCUT2D eigenvalue weighted by Crippen LogP contribution is 2.12. The van der Waals surface area contributed by atoms with Gasteiger partial charge in [-0.15, -0.1) is 11.3 Å². The van der Waals surface area contributed by atoms with Gasteiger partial charge in [0.15, 0.2) is 0 Å². The van der Waals surface area contributed by atoms with Crippen molar-refractivity contribution in [2.45, 2.75) is 13.3 Å². The lowest BCUT2D eigenvalue weighted by Gasteiger charge is -1.98. The van der Waals surface area contributed by atoms with Crippen LogP contribution >= 0.6 is 11.3 Å². The number of aromatic nitrogens is 1. The van der Waals surface area contributed by atoms with Gasteiger partial charge in [0.25, 0.3) is 0 Å². The maximum absolute atomic E-state index is 11.6. The molecule has 98 valence electrons. The first-order chi connectivity index (χ1) is 9.15. The number of nitrogens with zero attached hydrogens (tertiary/aromatic N) is 2. The third-order valence-electron chi connectivity index (χ3n) is 2.34. The highest BCUT2D eigenvalue weighted by molar-refractivity contribution is 7.09. The fourth-order valence-electron chi connectivity index (χ4n) is 1.46. The van der Waals surface area contributed by atoms with Gasteiger partial charge in [-0.1, -0.05) is 12.1 Å². The number of hydrazone groups is 1. The molecule has 0 radical (unpaired) electrons. The number of thiazole rings is 1. The first-order valence-electron chi connectivity index (χ1n) is 5.66. The number of para-hydroxylation sites is 1. The van der Waals surface area contributed by atoms with Gasteiger partial charge in [-0.3, -0.25) is 4.79 Å². The Balaban J connectivity index is 1.88. The normalized spacial score (nSPS) is 10.8. The molecule has 2 rings (SSSR count). The zero-order valence-electron chi connectivity index (χ0n) is 10.3. The summed E-state index contributed by atoms with van der Waals surface area (Å²) in [5.74, 6) is -0.118. The molecule has 0 atom stereocenters. The second-order valence-electron chi connectivity index (χ2n) is 3.89. The molecule has 0 aliphatic rings. The van der Waals surface area contributed by atoms with Crippen molar-refractivity contribution in [3.8, 4) is 5.75 Å². The van der Waals surface area contributed by atoms with Crippen LogP contribution in [0.5, 0.6) is 5.75 Å². The van der Waals surface area contributed by atoms with E-state index in [1.54, 1.807) is 24.3 Å². The number of aryl methyl sites for hydroxylation is 1. The number of hydrogen-bond acceptors (Lipinski definition) is 5. The van der Waals surface area contributed by atoms with Crippen LogP contribution in [0.15, 0.2) is 34.7 Å². The smallest absolute Gasteiger partial charge is 0.246 e. The number of phenols is 1. The summed E-state index contributed by atoms with van der Waals surface area (Å²) in [5.41, 5.74) is 3.68. The minimum absolute atomic E-state index is 0.121. The average Bonchev–Trinajstić information content (AvgIpc) is 2.77. The van der Waals surface area contributed by atoms with Crippen LogP contribution in [-0.2, 0) is 11.2 Å². The number of carbonyl (C=O) groups excluding carboxylic acids is 1. The van der Waals surface area contributed by atoms with E-state index in [-0.39, 0.29) is 18.1 Å². The van der Waals surface area contributed by atoms with Crippen LogP contribution in [0.3, 0.4) is 0 Å². The molecule has 1 heterocycles. The predicted octanol–water partition coefficient (Wildman–Crippen LogP) is 1.85. The first-order valence-corrected chi connectivity index (χ1v) is 6.54. The number of phenolic OH excluding ortho intramolecular Hbond substituents is 1. The van der Waals surface area contributed by atoms with E-state index in [2.05, 4.69) is 15.5 Å². The summed E-state index contributed by atoms with van der Waals surface area (Å²) in [6, 6.07) is 6.76. The molecule has 5 nitrogen and oxygen atoms in total. The molecule has 6 heteroatoms. The summed E-state index contributed by atoms with van der Waals surface area (Å²) in [4.78, 5) is 15.8. The summed E-state index contributed by atoms with van der Waals surface area (Å²) in [7, 11) is 0. The minimum atomic E-state index is -0.239. The van der Waals surface area contributed by atoms with Gasteiger partial charge in [-0.05, 0) is 19.1 Å². The van der Waals surface area contributed by atoms with Crippen molar-refractivity contribution in [3.05, 3.63) is 45.9 Å². The van der Waals surface area contributed by atoms with Crippen LogP contribution < -0.4 is 5.43 Å². The van der Waals surface area contributed by atoms with E-state index in [1.165, 1.54) is 17.6 Å². The summed E-state index contributed by atoms with van der Waals surface area (Å²) < 4.78 is 0. The van der Waals surface area contributed by atoms with E-state index in [0.29, 0.717) is 5.56 Å². The Labute approximate surface area is 114 Å². The number of rotatable bonds is 4. The van der Waals surface area contributed by atoms with Crippen molar-refractivity contribution in [3.63, 3.8) is 0 Å². The summed E-state index contributed by atoms with van der Waals surface area (Å²) in [6.45, 7) is 1.89. The molecule has 1 amide bonds. The molecule has 1 aromatic carbocycles. The Hall–Kier alpha value is -2.21. The molecule has 0 spiro atoms. The molecule has 0 aliphatic carbocycles. The lowest BCUT2D eigenvalue weighted by Crippen LogP contribution is -2.19. The SMILES string of the molecule is Cc1nc(CC(=O)NN=Cc2ccccc2O)cs1. The topological polar surface area (TPSA) is 74.6 Å². The summed E-state index contributed by atoms with van der Waals surface area (Å²) >= 11 is 1.51. The van der Waals surface area contributed by atoms with E-state index >= 15 is 0 Å². The maximum atomic E-state index is 11.6. The molecule has 0 fully saturated rings. The molecule has 0 unspecified atom stereocenters. The quantitative estimate of drug-likeness (QED) is 0.660. The third-order valence-corrected chi connectivity index (χ3v) is 3.16. The van der Waals surface area contributed by atoms with E-state index in [9.17, 15) is 9.90 Å². The molecule has 0 saturated carbocycles. The van der Waals surface area contributed by atoms with Crippen molar-refractivity contribution in [2.24, 2.45) is 5.10 Å². The zero-order valence-corrected chi connectivity index (χ0v) is 11.1. The molecule has 2 aromatic rings. The Bertz CT molecular complexity index is 607. The van der Waals surface area contributed by atoms with Gasteiger partial charge in [0, 0.05) is 10.9 Å². The molecule has 2 N–H and O–H groups in total. The number of amides is 1. The fourth-order valence-corrected chi connectivity index (χ4v) is 2.08. The minimum Gasteiger partial charge on any atom is -0.507 e. The fraction of sp³-hybridized carbons (Fsp3) is 0.154. The second kappa shape index (κ2) is 6.10. The Kier molecular flexibility index (Phi) is 4.25. The highest BCUT2D eigenvalue weighted by Gasteiger charge is 2.05. The van der Waals surface area contributed by atoms with Gasteiger partial charge in [-0.25, -0.2) is 10.4 Å². The Morgan fingerprint density at radius 3 is 3.00 bits per heavy atom. The lowest BCUT2D eigenvalue weighted by molar-refractivity contribution is -0.120. The van der Waals surface area contributed by atoms with Crippen LogP contribution in [-0.4, -0.2) is 22.2 Å². The number of hydrogen-bond donors (Lipinski definition) is 2. The van der Waals surface area contributed by atoms with E-state index in [4.69, 9.17) is 0 Å². The maximum Gasteiger partial charge on any atom is 0.246 e. The average molecular weight is 275 g/mol. The zero-order chi connectivity index (χ0) is 13.7. The largest absolute Gasteiger partial charge is 0.507 e. The van der Waals surface area contributed by atoms with E-state index in [1.807, 2.05) is 12.3 Å². The van der Waals surface area contributed by atoms with Gasteiger partial charge >= 0.3 is 0 Å². The number of benzene rings is 1. The summed E-state index contributed by atoms with van der Waals surface area (Å²) in [5, 5.41) is 16.1. The molecule has 1 aromatic heterocycles. The molecular weight excluding hydrogens is 262 g/mol. The standard InChI is InChI=1S/C13H13N3O2S/c1-9-15-11(8-19-9)6-13(18)16-14-7-10-4-2-3-5-12(10)17/h2-5,7-8,17H,6H2,1H3,(H,16,18). The van der Waals surface area contributed by atoms with Crippen LogP contribution in [0.4, 0.5) is 0 Å². The number of carbonyl (C=O) groups is 1. The van der Waals surface area contributed by atoms with Gasteiger partial charge in [-0.2, -0.15) is 5.10 Å². The highest BCUT2D eigenvalue weighted by atomic mass is 32.1. The molecule has 0 saturated heterocycles. The van der Waals surface area contributed by atoms with Gasteiger partial charge < -0.3 is 5.11 Å². The Morgan fingerprint density at radius 2 is 2.32 bits per heavy atom. The van der Waals surface area contributed by atoms with E-state index < -0.39 is 0 Å². The van der Waals surface area contributed by atoms with E-state index in [0.717, 1.165) is 10.7 Å². The van der Waals surface area contributed by atoms with Gasteiger partial charge in [0.05, 0.1) is 23.3 Å². The van der Waals surface area contributed by atoms with Crippen LogP contribution in [0.2, 0.25) is 0 Å². The van der Waals surface area contributed by atoms with Crippen molar-refractivity contribution >= 4 is 23.5 Å². The first kappa shape index (κ1) is 13.2.